The van der Waals surface area contributed by atoms with E-state index in [1.165, 1.54) is 0 Å². The Hall–Kier alpha value is -0.930. The second-order valence-corrected chi connectivity index (χ2v) is 2.11. The third-order valence-corrected chi connectivity index (χ3v) is 1.32. The van der Waals surface area contributed by atoms with Crippen molar-refractivity contribution in [3.63, 3.8) is 0 Å². The lowest BCUT2D eigenvalue weighted by Crippen LogP contribution is -2.00. The fourth-order valence-corrected chi connectivity index (χ4v) is 0.787. The molecule has 0 aliphatic rings. The van der Waals surface area contributed by atoms with E-state index in [0.717, 1.165) is 12.1 Å². The highest BCUT2D eigenvalue weighted by molar-refractivity contribution is 5.03. The van der Waals surface area contributed by atoms with Gasteiger partial charge in [0.1, 0.15) is 6.79 Å². The van der Waals surface area contributed by atoms with Crippen molar-refractivity contribution >= 4 is 0 Å². The van der Waals surface area contributed by atoms with Gasteiger partial charge in [0.2, 0.25) is 0 Å². The van der Waals surface area contributed by atoms with Crippen LogP contribution in [0.15, 0.2) is 24.4 Å². The number of rotatable bonds is 4. The van der Waals surface area contributed by atoms with Crippen molar-refractivity contribution in [3.05, 3.63) is 30.1 Å². The van der Waals surface area contributed by atoms with Crippen molar-refractivity contribution in [3.8, 4) is 0 Å². The van der Waals surface area contributed by atoms with E-state index in [2.05, 4.69) is 4.98 Å². The first-order valence-electron chi connectivity index (χ1n) is 3.52. The zero-order valence-corrected chi connectivity index (χ0v) is 6.23. The third-order valence-electron chi connectivity index (χ3n) is 1.32. The summed E-state index contributed by atoms with van der Waals surface area (Å²) in [5.41, 5.74) is 0.987. The van der Waals surface area contributed by atoms with Gasteiger partial charge in [0.25, 0.3) is 0 Å². The van der Waals surface area contributed by atoms with Crippen LogP contribution in [0.2, 0.25) is 0 Å². The van der Waals surface area contributed by atoms with Crippen molar-refractivity contribution in [2.75, 3.05) is 13.4 Å². The SMILES string of the molecule is OCOCCc1ccccn1. The minimum atomic E-state index is -0.215. The van der Waals surface area contributed by atoms with E-state index in [-0.39, 0.29) is 6.79 Å². The van der Waals surface area contributed by atoms with Crippen molar-refractivity contribution in [1.29, 1.82) is 0 Å². The zero-order chi connectivity index (χ0) is 7.94. The Balaban J connectivity index is 2.28. The highest BCUT2D eigenvalue weighted by atomic mass is 16.6. The van der Waals surface area contributed by atoms with Crippen LogP contribution in [-0.4, -0.2) is 23.5 Å². The van der Waals surface area contributed by atoms with Crippen molar-refractivity contribution in [2.24, 2.45) is 0 Å². The van der Waals surface area contributed by atoms with Crippen LogP contribution < -0.4 is 0 Å². The first kappa shape index (κ1) is 8.17. The number of aliphatic hydroxyl groups excluding tert-OH is 1. The molecule has 11 heavy (non-hydrogen) atoms. The molecular weight excluding hydrogens is 142 g/mol. The molecule has 0 unspecified atom stereocenters. The smallest absolute Gasteiger partial charge is 0.143 e. The molecule has 1 heterocycles. The molecule has 0 atom stereocenters. The second-order valence-electron chi connectivity index (χ2n) is 2.11. The van der Waals surface area contributed by atoms with Crippen molar-refractivity contribution in [2.45, 2.75) is 6.42 Å². The molecule has 0 aliphatic carbocycles. The third kappa shape index (κ3) is 3.11. The first-order chi connectivity index (χ1) is 5.43. The fraction of sp³-hybridized carbons (Fsp3) is 0.375. The molecular formula is C8H11NO2. The van der Waals surface area contributed by atoms with Gasteiger partial charge in [-0.15, -0.1) is 0 Å². The summed E-state index contributed by atoms with van der Waals surface area (Å²) in [5, 5.41) is 8.30. The number of hydrogen-bond donors (Lipinski definition) is 1. The maximum Gasteiger partial charge on any atom is 0.143 e. The van der Waals surface area contributed by atoms with Crippen LogP contribution in [0.3, 0.4) is 0 Å². The summed E-state index contributed by atoms with van der Waals surface area (Å²) >= 11 is 0. The number of hydrogen-bond acceptors (Lipinski definition) is 3. The Morgan fingerprint density at radius 3 is 3.00 bits per heavy atom. The van der Waals surface area contributed by atoms with E-state index in [9.17, 15) is 0 Å². The van der Waals surface area contributed by atoms with E-state index in [4.69, 9.17) is 9.84 Å². The summed E-state index contributed by atoms with van der Waals surface area (Å²) in [6.07, 6.45) is 2.50. The highest BCUT2D eigenvalue weighted by Gasteiger charge is 1.90. The summed E-state index contributed by atoms with van der Waals surface area (Å²) in [4.78, 5) is 4.09. The molecule has 60 valence electrons. The molecule has 0 saturated carbocycles. The van der Waals surface area contributed by atoms with Crippen LogP contribution in [0.25, 0.3) is 0 Å². The van der Waals surface area contributed by atoms with E-state index in [1.54, 1.807) is 6.20 Å². The molecule has 0 fully saturated rings. The molecule has 0 spiro atoms. The lowest BCUT2D eigenvalue weighted by atomic mass is 10.3. The lowest BCUT2D eigenvalue weighted by molar-refractivity contribution is 0.0000342. The van der Waals surface area contributed by atoms with Crippen LogP contribution in [-0.2, 0) is 11.2 Å². The van der Waals surface area contributed by atoms with Crippen LogP contribution in [0.1, 0.15) is 5.69 Å². The Morgan fingerprint density at radius 1 is 1.45 bits per heavy atom. The topological polar surface area (TPSA) is 42.4 Å². The average molecular weight is 153 g/mol. The molecule has 0 radical (unpaired) electrons. The molecule has 0 bridgehead atoms. The van der Waals surface area contributed by atoms with Gasteiger partial charge >= 0.3 is 0 Å². The minimum absolute atomic E-state index is 0.215. The van der Waals surface area contributed by atoms with Crippen LogP contribution in [0.5, 0.6) is 0 Å². The van der Waals surface area contributed by atoms with Gasteiger partial charge in [-0.1, -0.05) is 6.07 Å². The van der Waals surface area contributed by atoms with Gasteiger partial charge in [-0.05, 0) is 12.1 Å². The summed E-state index contributed by atoms with van der Waals surface area (Å²) in [6.45, 7) is 0.306. The zero-order valence-electron chi connectivity index (χ0n) is 6.23. The second kappa shape index (κ2) is 4.82. The number of aromatic nitrogens is 1. The van der Waals surface area contributed by atoms with Gasteiger partial charge in [0.05, 0.1) is 6.61 Å². The lowest BCUT2D eigenvalue weighted by Gasteiger charge is -1.98. The molecule has 1 rings (SSSR count). The minimum Gasteiger partial charge on any atom is -0.371 e. The molecule has 0 saturated heterocycles. The molecule has 0 amide bonds. The fourth-order valence-electron chi connectivity index (χ4n) is 0.787. The van der Waals surface area contributed by atoms with Crippen molar-refractivity contribution in [1.82, 2.24) is 4.98 Å². The Kier molecular flexibility index (Phi) is 3.58. The molecule has 1 N–H and O–H groups in total. The van der Waals surface area contributed by atoms with Crippen molar-refractivity contribution < 1.29 is 9.84 Å². The maximum atomic E-state index is 8.30. The Morgan fingerprint density at radius 2 is 2.36 bits per heavy atom. The Labute approximate surface area is 65.7 Å². The average Bonchev–Trinajstić information content (AvgIpc) is 2.07. The summed E-state index contributed by atoms with van der Waals surface area (Å²) in [7, 11) is 0. The first-order valence-corrected chi connectivity index (χ1v) is 3.52. The van der Waals surface area contributed by atoms with Gasteiger partial charge in [0, 0.05) is 18.3 Å². The standard InChI is InChI=1S/C8H11NO2/c10-7-11-6-4-8-3-1-2-5-9-8/h1-3,5,10H,4,6-7H2. The van der Waals surface area contributed by atoms with Crippen LogP contribution >= 0.6 is 0 Å². The number of pyridine rings is 1. The van der Waals surface area contributed by atoms with E-state index in [1.807, 2.05) is 18.2 Å². The molecule has 1 aromatic heterocycles. The van der Waals surface area contributed by atoms with Gasteiger partial charge in [0.15, 0.2) is 0 Å². The van der Waals surface area contributed by atoms with Gasteiger partial charge in [-0.25, -0.2) is 0 Å². The molecule has 0 aliphatic heterocycles. The molecule has 3 heteroatoms. The predicted molar refractivity (Wildman–Crippen MR) is 41.0 cm³/mol. The van der Waals surface area contributed by atoms with E-state index < -0.39 is 0 Å². The van der Waals surface area contributed by atoms with Gasteiger partial charge in [-0.3, -0.25) is 4.98 Å². The van der Waals surface area contributed by atoms with Gasteiger partial charge in [-0.2, -0.15) is 0 Å². The Bertz CT molecular complexity index is 189. The maximum absolute atomic E-state index is 8.30. The van der Waals surface area contributed by atoms with Crippen LogP contribution in [0, 0.1) is 0 Å². The monoisotopic (exact) mass is 153 g/mol. The van der Waals surface area contributed by atoms with Crippen LogP contribution in [0.4, 0.5) is 0 Å². The van der Waals surface area contributed by atoms with E-state index >= 15 is 0 Å². The quantitative estimate of drug-likeness (QED) is 0.508. The predicted octanol–water partition coefficient (Wildman–Crippen LogP) is 0.591. The summed E-state index contributed by atoms with van der Waals surface area (Å²) < 4.78 is 4.75. The summed E-state index contributed by atoms with van der Waals surface area (Å²) in [5.74, 6) is 0. The molecule has 1 aromatic rings. The van der Waals surface area contributed by atoms with Gasteiger partial charge < -0.3 is 9.84 Å². The summed E-state index contributed by atoms with van der Waals surface area (Å²) in [6, 6.07) is 5.73. The number of aliphatic hydroxyl groups is 1. The van der Waals surface area contributed by atoms with E-state index in [0.29, 0.717) is 6.61 Å². The molecule has 3 nitrogen and oxygen atoms in total. The number of ether oxygens (including phenoxy) is 1. The molecule has 0 aromatic carbocycles. The highest BCUT2D eigenvalue weighted by Crippen LogP contribution is 1.93. The normalized spacial score (nSPS) is 9.91. The number of nitrogens with zero attached hydrogens (tertiary/aromatic N) is 1. The largest absolute Gasteiger partial charge is 0.371 e.